The minimum atomic E-state index is -0.338. The van der Waals surface area contributed by atoms with Crippen LogP contribution >= 0.6 is 15.9 Å². The average molecular weight is 317 g/mol. The highest BCUT2D eigenvalue weighted by Crippen LogP contribution is 2.33. The zero-order valence-electron chi connectivity index (χ0n) is 9.76. The standard InChI is InChI=1S/C14H9BrN2O2/c15-8-5-6-12(11(16)7-8)17-13(18)9-3-1-2-4-10(9)14(17)19/h1-7H,16H2. The van der Waals surface area contributed by atoms with Crippen molar-refractivity contribution in [3.63, 3.8) is 0 Å². The quantitative estimate of drug-likeness (QED) is 0.650. The molecule has 1 aliphatic heterocycles. The molecule has 0 unspecified atom stereocenters. The summed E-state index contributed by atoms with van der Waals surface area (Å²) in [5.74, 6) is -0.677. The molecule has 2 amide bonds. The molecule has 2 aromatic rings. The lowest BCUT2D eigenvalue weighted by molar-refractivity contribution is 0.0926. The number of hydrogen-bond donors (Lipinski definition) is 1. The van der Waals surface area contributed by atoms with E-state index in [1.54, 1.807) is 42.5 Å². The molecule has 5 heteroatoms. The molecule has 3 rings (SSSR count). The fraction of sp³-hybridized carbons (Fsp3) is 0. The second-order valence-electron chi connectivity index (χ2n) is 4.19. The summed E-state index contributed by atoms with van der Waals surface area (Å²) in [5.41, 5.74) is 7.50. The fourth-order valence-electron chi connectivity index (χ4n) is 2.14. The highest BCUT2D eigenvalue weighted by molar-refractivity contribution is 9.10. The molecule has 4 nitrogen and oxygen atoms in total. The van der Waals surface area contributed by atoms with Crippen LogP contribution in [-0.4, -0.2) is 11.8 Å². The van der Waals surface area contributed by atoms with Crippen molar-refractivity contribution in [2.75, 3.05) is 10.6 Å². The van der Waals surface area contributed by atoms with Crippen molar-refractivity contribution in [1.29, 1.82) is 0 Å². The average Bonchev–Trinajstić information content (AvgIpc) is 2.64. The van der Waals surface area contributed by atoms with Crippen LogP contribution in [0.15, 0.2) is 46.9 Å². The Labute approximate surface area is 118 Å². The molecule has 0 radical (unpaired) electrons. The van der Waals surface area contributed by atoms with Crippen molar-refractivity contribution in [3.8, 4) is 0 Å². The van der Waals surface area contributed by atoms with Gasteiger partial charge < -0.3 is 5.73 Å². The van der Waals surface area contributed by atoms with E-state index in [-0.39, 0.29) is 11.8 Å². The van der Waals surface area contributed by atoms with Crippen LogP contribution in [-0.2, 0) is 0 Å². The van der Waals surface area contributed by atoms with Gasteiger partial charge in [0.15, 0.2) is 0 Å². The molecule has 0 bridgehead atoms. The number of hydrogen-bond acceptors (Lipinski definition) is 3. The molecule has 1 heterocycles. The van der Waals surface area contributed by atoms with E-state index in [9.17, 15) is 9.59 Å². The third-order valence-corrected chi connectivity index (χ3v) is 3.52. The molecule has 0 fully saturated rings. The third kappa shape index (κ3) is 1.74. The molecule has 0 aromatic heterocycles. The van der Waals surface area contributed by atoms with Crippen molar-refractivity contribution in [2.45, 2.75) is 0 Å². The van der Waals surface area contributed by atoms with Gasteiger partial charge in [-0.15, -0.1) is 0 Å². The Bertz CT molecular complexity index is 677. The molecule has 1 aliphatic rings. The summed E-state index contributed by atoms with van der Waals surface area (Å²) < 4.78 is 0.797. The van der Waals surface area contributed by atoms with Gasteiger partial charge in [0.25, 0.3) is 11.8 Å². The molecule has 0 aliphatic carbocycles. The van der Waals surface area contributed by atoms with Crippen molar-refractivity contribution < 1.29 is 9.59 Å². The second-order valence-corrected chi connectivity index (χ2v) is 5.11. The Morgan fingerprint density at radius 1 is 0.947 bits per heavy atom. The number of nitrogen functional groups attached to an aromatic ring is 1. The van der Waals surface area contributed by atoms with Gasteiger partial charge in [-0.2, -0.15) is 0 Å². The van der Waals surface area contributed by atoms with E-state index >= 15 is 0 Å². The monoisotopic (exact) mass is 316 g/mol. The zero-order chi connectivity index (χ0) is 13.6. The molecule has 0 atom stereocenters. The van der Waals surface area contributed by atoms with E-state index in [1.165, 1.54) is 0 Å². The van der Waals surface area contributed by atoms with Gasteiger partial charge in [0, 0.05) is 4.47 Å². The first-order chi connectivity index (χ1) is 9.09. The van der Waals surface area contributed by atoms with Gasteiger partial charge in [-0.25, -0.2) is 4.90 Å². The first-order valence-corrected chi connectivity index (χ1v) is 6.42. The summed E-state index contributed by atoms with van der Waals surface area (Å²) in [7, 11) is 0. The van der Waals surface area contributed by atoms with Crippen molar-refractivity contribution in [2.24, 2.45) is 0 Å². The molecular formula is C14H9BrN2O2. The predicted octanol–water partition coefficient (Wildman–Crippen LogP) is 2.83. The summed E-state index contributed by atoms with van der Waals surface area (Å²) in [6, 6.07) is 11.8. The van der Waals surface area contributed by atoms with E-state index in [1.807, 2.05) is 0 Å². The van der Waals surface area contributed by atoms with Crippen LogP contribution in [0.1, 0.15) is 20.7 Å². The van der Waals surface area contributed by atoms with Gasteiger partial charge in [0.2, 0.25) is 0 Å². The number of anilines is 2. The molecule has 2 aromatic carbocycles. The zero-order valence-corrected chi connectivity index (χ0v) is 11.3. The van der Waals surface area contributed by atoms with Gasteiger partial charge in [-0.1, -0.05) is 28.1 Å². The number of imide groups is 1. The largest absolute Gasteiger partial charge is 0.397 e. The number of rotatable bonds is 1. The van der Waals surface area contributed by atoms with Gasteiger partial charge in [0.1, 0.15) is 0 Å². The van der Waals surface area contributed by atoms with E-state index in [4.69, 9.17) is 5.73 Å². The molecule has 19 heavy (non-hydrogen) atoms. The van der Waals surface area contributed by atoms with E-state index in [0.29, 0.717) is 22.5 Å². The lowest BCUT2D eigenvalue weighted by Gasteiger charge is -2.16. The summed E-state index contributed by atoms with van der Waals surface area (Å²) >= 11 is 3.30. The smallest absolute Gasteiger partial charge is 0.266 e. The summed E-state index contributed by atoms with van der Waals surface area (Å²) in [5, 5.41) is 0. The van der Waals surface area contributed by atoms with Crippen LogP contribution in [0.25, 0.3) is 0 Å². The Balaban J connectivity index is 2.14. The van der Waals surface area contributed by atoms with Crippen molar-refractivity contribution >= 4 is 39.1 Å². The van der Waals surface area contributed by atoms with Gasteiger partial charge in [0.05, 0.1) is 22.5 Å². The Hall–Kier alpha value is -2.14. The van der Waals surface area contributed by atoms with Crippen LogP contribution in [0.3, 0.4) is 0 Å². The minimum Gasteiger partial charge on any atom is -0.397 e. The Morgan fingerprint density at radius 3 is 2.05 bits per heavy atom. The summed E-state index contributed by atoms with van der Waals surface area (Å²) in [6.45, 7) is 0. The number of halogens is 1. The van der Waals surface area contributed by atoms with Crippen LogP contribution in [0.5, 0.6) is 0 Å². The minimum absolute atomic E-state index is 0.338. The normalized spacial score (nSPS) is 13.8. The van der Waals surface area contributed by atoms with Crippen LogP contribution in [0, 0.1) is 0 Å². The Morgan fingerprint density at radius 2 is 1.53 bits per heavy atom. The molecule has 2 N–H and O–H groups in total. The SMILES string of the molecule is Nc1cc(Br)ccc1N1C(=O)c2ccccc2C1=O. The number of benzene rings is 2. The topological polar surface area (TPSA) is 63.4 Å². The highest BCUT2D eigenvalue weighted by Gasteiger charge is 2.37. The maximum Gasteiger partial charge on any atom is 0.266 e. The van der Waals surface area contributed by atoms with Crippen LogP contribution in [0.4, 0.5) is 11.4 Å². The van der Waals surface area contributed by atoms with E-state index < -0.39 is 0 Å². The first-order valence-electron chi connectivity index (χ1n) is 5.62. The number of fused-ring (bicyclic) bond motifs is 1. The predicted molar refractivity (Wildman–Crippen MR) is 76.1 cm³/mol. The summed E-state index contributed by atoms with van der Waals surface area (Å²) in [6.07, 6.45) is 0. The molecule has 0 saturated carbocycles. The Kier molecular flexibility index (Phi) is 2.64. The molecule has 0 spiro atoms. The highest BCUT2D eigenvalue weighted by atomic mass is 79.9. The van der Waals surface area contributed by atoms with Crippen molar-refractivity contribution in [1.82, 2.24) is 0 Å². The van der Waals surface area contributed by atoms with Crippen LogP contribution in [0.2, 0.25) is 0 Å². The molecular weight excluding hydrogens is 308 g/mol. The van der Waals surface area contributed by atoms with E-state index in [0.717, 1.165) is 9.37 Å². The lowest BCUT2D eigenvalue weighted by Crippen LogP contribution is -2.30. The van der Waals surface area contributed by atoms with Gasteiger partial charge in [-0.3, -0.25) is 9.59 Å². The summed E-state index contributed by atoms with van der Waals surface area (Å²) in [4.78, 5) is 25.7. The molecule has 0 saturated heterocycles. The first kappa shape index (κ1) is 11.9. The van der Waals surface area contributed by atoms with Gasteiger partial charge in [-0.05, 0) is 30.3 Å². The number of carbonyl (C=O) groups excluding carboxylic acids is 2. The van der Waals surface area contributed by atoms with Crippen LogP contribution < -0.4 is 10.6 Å². The number of nitrogens with zero attached hydrogens (tertiary/aromatic N) is 1. The fourth-order valence-corrected chi connectivity index (χ4v) is 2.52. The maximum absolute atomic E-state index is 12.3. The lowest BCUT2D eigenvalue weighted by atomic mass is 10.1. The van der Waals surface area contributed by atoms with Crippen molar-refractivity contribution in [3.05, 3.63) is 58.1 Å². The number of amides is 2. The third-order valence-electron chi connectivity index (χ3n) is 3.02. The van der Waals surface area contributed by atoms with E-state index in [2.05, 4.69) is 15.9 Å². The molecule has 94 valence electrons. The number of carbonyl (C=O) groups is 2. The van der Waals surface area contributed by atoms with Gasteiger partial charge >= 0.3 is 0 Å². The second kappa shape index (κ2) is 4.20. The number of nitrogens with two attached hydrogens (primary N) is 1. The maximum atomic E-state index is 12.3.